The molecule has 92 valence electrons. The predicted octanol–water partition coefficient (Wildman–Crippen LogP) is 2.01. The number of hydrogen-bond donors (Lipinski definition) is 1. The lowest BCUT2D eigenvalue weighted by atomic mass is 10.1. The highest BCUT2D eigenvalue weighted by Gasteiger charge is 2.19. The molecule has 0 atom stereocenters. The summed E-state index contributed by atoms with van der Waals surface area (Å²) in [7, 11) is 1.25. The van der Waals surface area contributed by atoms with Gasteiger partial charge in [-0.1, -0.05) is 6.07 Å². The number of carbonyl (C=O) groups is 2. The fourth-order valence-electron chi connectivity index (χ4n) is 1.21. The summed E-state index contributed by atoms with van der Waals surface area (Å²) in [4.78, 5) is 22.0. The number of carbonyl (C=O) groups excluding carboxylic acids is 1. The van der Waals surface area contributed by atoms with E-state index in [0.717, 1.165) is 5.56 Å². The van der Waals surface area contributed by atoms with Crippen LogP contribution in [0.5, 0.6) is 5.75 Å². The van der Waals surface area contributed by atoms with E-state index >= 15 is 0 Å². The molecule has 1 aromatic rings. The molecule has 0 amide bonds. The molecule has 0 radical (unpaired) electrons. The van der Waals surface area contributed by atoms with E-state index in [-0.39, 0.29) is 11.3 Å². The van der Waals surface area contributed by atoms with Crippen LogP contribution in [0.2, 0.25) is 0 Å². The fourth-order valence-corrected chi connectivity index (χ4v) is 1.70. The maximum absolute atomic E-state index is 11.6. The monoisotopic (exact) mass is 302 g/mol. The molecule has 0 saturated heterocycles. The summed E-state index contributed by atoms with van der Waals surface area (Å²) < 4.78 is 10.2. The van der Waals surface area contributed by atoms with E-state index in [2.05, 4.69) is 20.7 Å². The van der Waals surface area contributed by atoms with Crippen LogP contribution in [-0.2, 0) is 9.53 Å². The standard InChI is InChI=1S/C11H11BrO5/c1-6-3-4-7(17-5-8(13)14)9(10(6)12)11(15)16-2/h3-4H,5H2,1-2H3,(H,13,14). The summed E-state index contributed by atoms with van der Waals surface area (Å²) in [6.45, 7) is 1.29. The van der Waals surface area contributed by atoms with Crippen LogP contribution in [0.1, 0.15) is 15.9 Å². The molecule has 5 nitrogen and oxygen atoms in total. The molecular weight excluding hydrogens is 292 g/mol. The van der Waals surface area contributed by atoms with E-state index in [9.17, 15) is 9.59 Å². The molecular formula is C11H11BrO5. The molecule has 17 heavy (non-hydrogen) atoms. The lowest BCUT2D eigenvalue weighted by Gasteiger charge is -2.11. The van der Waals surface area contributed by atoms with Crippen molar-refractivity contribution in [2.75, 3.05) is 13.7 Å². The molecule has 0 bridgehead atoms. The molecule has 0 heterocycles. The first-order valence-corrected chi connectivity index (χ1v) is 5.48. The van der Waals surface area contributed by atoms with Gasteiger partial charge in [-0.3, -0.25) is 0 Å². The Morgan fingerprint density at radius 2 is 2.06 bits per heavy atom. The zero-order valence-electron chi connectivity index (χ0n) is 9.32. The summed E-state index contributed by atoms with van der Waals surface area (Å²) in [5.74, 6) is -1.52. The van der Waals surface area contributed by atoms with Gasteiger partial charge in [-0.25, -0.2) is 9.59 Å². The van der Waals surface area contributed by atoms with E-state index in [4.69, 9.17) is 9.84 Å². The van der Waals surface area contributed by atoms with Crippen molar-refractivity contribution in [3.63, 3.8) is 0 Å². The van der Waals surface area contributed by atoms with Crippen molar-refractivity contribution >= 4 is 27.9 Å². The smallest absolute Gasteiger partial charge is 0.342 e. The Bertz CT molecular complexity index is 455. The van der Waals surface area contributed by atoms with Crippen LogP contribution in [0.3, 0.4) is 0 Å². The van der Waals surface area contributed by atoms with Crippen molar-refractivity contribution in [2.24, 2.45) is 0 Å². The van der Waals surface area contributed by atoms with Gasteiger partial charge >= 0.3 is 11.9 Å². The zero-order valence-corrected chi connectivity index (χ0v) is 10.9. The van der Waals surface area contributed by atoms with Crippen molar-refractivity contribution in [1.29, 1.82) is 0 Å². The first kappa shape index (κ1) is 13.5. The highest BCUT2D eigenvalue weighted by molar-refractivity contribution is 9.10. The van der Waals surface area contributed by atoms with Gasteiger partial charge in [0.25, 0.3) is 0 Å². The van der Waals surface area contributed by atoms with Crippen LogP contribution < -0.4 is 4.74 Å². The van der Waals surface area contributed by atoms with Crippen molar-refractivity contribution in [3.05, 3.63) is 27.7 Å². The predicted molar refractivity (Wildman–Crippen MR) is 63.3 cm³/mol. The maximum Gasteiger partial charge on any atom is 0.342 e. The summed E-state index contributed by atoms with van der Waals surface area (Å²) in [5, 5.41) is 8.53. The normalized spacial score (nSPS) is 9.82. The van der Waals surface area contributed by atoms with Gasteiger partial charge < -0.3 is 14.6 Å². The molecule has 1 N–H and O–H groups in total. The summed E-state index contributed by atoms with van der Waals surface area (Å²) in [5.41, 5.74) is 1.02. The van der Waals surface area contributed by atoms with E-state index in [1.165, 1.54) is 13.2 Å². The molecule has 0 fully saturated rings. The number of rotatable bonds is 4. The molecule has 0 saturated carbocycles. The molecule has 0 aliphatic rings. The number of esters is 1. The maximum atomic E-state index is 11.6. The quantitative estimate of drug-likeness (QED) is 0.861. The topological polar surface area (TPSA) is 72.8 Å². The molecule has 0 spiro atoms. The summed E-state index contributed by atoms with van der Waals surface area (Å²) >= 11 is 3.25. The van der Waals surface area contributed by atoms with Gasteiger partial charge in [0.1, 0.15) is 11.3 Å². The van der Waals surface area contributed by atoms with Crippen LogP contribution in [0.25, 0.3) is 0 Å². The second-order valence-electron chi connectivity index (χ2n) is 3.24. The van der Waals surface area contributed by atoms with Crippen molar-refractivity contribution in [3.8, 4) is 5.75 Å². The largest absolute Gasteiger partial charge is 0.481 e. The molecule has 0 aliphatic carbocycles. The third-order valence-electron chi connectivity index (χ3n) is 2.04. The lowest BCUT2D eigenvalue weighted by molar-refractivity contribution is -0.139. The van der Waals surface area contributed by atoms with Gasteiger partial charge in [-0.05, 0) is 34.5 Å². The molecule has 6 heteroatoms. The Morgan fingerprint density at radius 1 is 1.41 bits per heavy atom. The summed E-state index contributed by atoms with van der Waals surface area (Å²) in [6, 6.07) is 3.25. The molecule has 1 rings (SSSR count). The highest BCUT2D eigenvalue weighted by Crippen LogP contribution is 2.30. The van der Waals surface area contributed by atoms with Crippen LogP contribution in [-0.4, -0.2) is 30.8 Å². The Kier molecular flexibility index (Phi) is 4.51. The van der Waals surface area contributed by atoms with E-state index in [1.807, 2.05) is 0 Å². The SMILES string of the molecule is COC(=O)c1c(OCC(=O)O)ccc(C)c1Br. The number of benzene rings is 1. The van der Waals surface area contributed by atoms with Crippen LogP contribution in [0, 0.1) is 6.92 Å². The highest BCUT2D eigenvalue weighted by atomic mass is 79.9. The van der Waals surface area contributed by atoms with Gasteiger partial charge in [-0.2, -0.15) is 0 Å². The third-order valence-corrected chi connectivity index (χ3v) is 3.06. The zero-order chi connectivity index (χ0) is 13.0. The van der Waals surface area contributed by atoms with Crippen molar-refractivity contribution in [1.82, 2.24) is 0 Å². The Morgan fingerprint density at radius 3 is 2.59 bits per heavy atom. The van der Waals surface area contributed by atoms with Gasteiger partial charge in [0.15, 0.2) is 6.61 Å². The average molecular weight is 303 g/mol. The van der Waals surface area contributed by atoms with Crippen LogP contribution in [0.15, 0.2) is 16.6 Å². The van der Waals surface area contributed by atoms with Crippen molar-refractivity contribution < 1.29 is 24.2 Å². The molecule has 1 aromatic carbocycles. The fraction of sp³-hybridized carbons (Fsp3) is 0.273. The second kappa shape index (κ2) is 5.67. The van der Waals surface area contributed by atoms with E-state index in [1.54, 1.807) is 13.0 Å². The van der Waals surface area contributed by atoms with Gasteiger partial charge in [0.05, 0.1) is 7.11 Å². The Balaban J connectivity index is 3.15. The molecule has 0 unspecified atom stereocenters. The average Bonchev–Trinajstić information content (AvgIpc) is 2.29. The Labute approximate surface area is 106 Å². The summed E-state index contributed by atoms with van der Waals surface area (Å²) in [6.07, 6.45) is 0. The number of halogens is 1. The van der Waals surface area contributed by atoms with Crippen LogP contribution >= 0.6 is 15.9 Å². The number of aliphatic carboxylic acids is 1. The lowest BCUT2D eigenvalue weighted by Crippen LogP contribution is -2.13. The van der Waals surface area contributed by atoms with Gasteiger partial charge in [-0.15, -0.1) is 0 Å². The Hall–Kier alpha value is -1.56. The minimum atomic E-state index is -1.11. The minimum Gasteiger partial charge on any atom is -0.481 e. The van der Waals surface area contributed by atoms with Crippen molar-refractivity contribution in [2.45, 2.75) is 6.92 Å². The minimum absolute atomic E-state index is 0.178. The van der Waals surface area contributed by atoms with E-state index in [0.29, 0.717) is 4.47 Å². The third kappa shape index (κ3) is 3.20. The number of carboxylic acid groups (broad SMARTS) is 1. The number of carboxylic acids is 1. The van der Waals surface area contributed by atoms with Gasteiger partial charge in [0, 0.05) is 4.47 Å². The number of methoxy groups -OCH3 is 1. The first-order valence-electron chi connectivity index (χ1n) is 4.69. The number of ether oxygens (including phenoxy) is 2. The van der Waals surface area contributed by atoms with Crippen LogP contribution in [0.4, 0.5) is 0 Å². The number of aryl methyl sites for hydroxylation is 1. The number of hydrogen-bond acceptors (Lipinski definition) is 4. The van der Waals surface area contributed by atoms with E-state index < -0.39 is 18.5 Å². The first-order chi connectivity index (χ1) is 7.97. The molecule has 0 aromatic heterocycles. The second-order valence-corrected chi connectivity index (χ2v) is 4.04. The molecule has 0 aliphatic heterocycles. The van der Waals surface area contributed by atoms with Gasteiger partial charge in [0.2, 0.25) is 0 Å².